The van der Waals surface area contributed by atoms with Crippen LogP contribution in [0, 0.1) is 18.7 Å². The van der Waals surface area contributed by atoms with Gasteiger partial charge >= 0.3 is 6.03 Å². The minimum absolute atomic E-state index is 0.0366. The molecular formula is C22H21ClFN5O3. The van der Waals surface area contributed by atoms with Gasteiger partial charge in [0.1, 0.15) is 11.4 Å². The Balaban J connectivity index is 1.46. The van der Waals surface area contributed by atoms with Gasteiger partial charge in [0.05, 0.1) is 17.1 Å². The number of amides is 3. The van der Waals surface area contributed by atoms with Crippen molar-refractivity contribution in [2.45, 2.75) is 18.9 Å². The molecular weight excluding hydrogens is 437 g/mol. The first-order valence-electron chi connectivity index (χ1n) is 9.90. The Labute approximate surface area is 188 Å². The van der Waals surface area contributed by atoms with Crippen molar-refractivity contribution in [3.05, 3.63) is 71.3 Å². The maximum atomic E-state index is 14.7. The zero-order valence-corrected chi connectivity index (χ0v) is 17.9. The van der Waals surface area contributed by atoms with Gasteiger partial charge in [0.15, 0.2) is 0 Å². The van der Waals surface area contributed by atoms with Gasteiger partial charge in [-0.2, -0.15) is 5.10 Å². The van der Waals surface area contributed by atoms with Crippen LogP contribution >= 0.6 is 11.6 Å². The summed E-state index contributed by atoms with van der Waals surface area (Å²) in [6, 6.07) is 11.9. The summed E-state index contributed by atoms with van der Waals surface area (Å²) in [7, 11) is 0. The van der Waals surface area contributed by atoms with Gasteiger partial charge in [-0.05, 0) is 55.8 Å². The first-order valence-corrected chi connectivity index (χ1v) is 10.3. The molecule has 10 heteroatoms. The lowest BCUT2D eigenvalue weighted by Gasteiger charge is -2.20. The third-order valence-electron chi connectivity index (χ3n) is 5.36. The highest BCUT2D eigenvalue weighted by molar-refractivity contribution is 6.30. The summed E-state index contributed by atoms with van der Waals surface area (Å²) >= 11 is 5.84. The van der Waals surface area contributed by atoms with Crippen molar-refractivity contribution in [3.8, 4) is 5.69 Å². The second kappa shape index (κ2) is 8.60. The van der Waals surface area contributed by atoms with Gasteiger partial charge in [0, 0.05) is 35.5 Å². The van der Waals surface area contributed by atoms with Crippen LogP contribution in [-0.4, -0.2) is 39.0 Å². The summed E-state index contributed by atoms with van der Waals surface area (Å²) in [4.78, 5) is 25.4. The number of hydrogen-bond donors (Lipinski definition) is 4. The Hall–Kier alpha value is -3.43. The Kier molecular flexibility index (Phi) is 5.86. The minimum atomic E-state index is -1.34. The second-order valence-electron chi connectivity index (χ2n) is 7.66. The number of aliphatic hydroxyl groups is 1. The van der Waals surface area contributed by atoms with Crippen LogP contribution < -0.4 is 16.0 Å². The van der Waals surface area contributed by atoms with E-state index in [4.69, 9.17) is 11.6 Å². The topological polar surface area (TPSA) is 108 Å². The highest BCUT2D eigenvalue weighted by Gasteiger charge is 2.61. The fourth-order valence-electron chi connectivity index (χ4n) is 3.48. The maximum Gasteiger partial charge on any atom is 0.320 e. The third kappa shape index (κ3) is 4.44. The zero-order valence-electron chi connectivity index (χ0n) is 17.1. The van der Waals surface area contributed by atoms with Crippen molar-refractivity contribution in [1.82, 2.24) is 15.1 Å². The minimum Gasteiger partial charge on any atom is -0.396 e. The molecule has 0 radical (unpaired) electrons. The van der Waals surface area contributed by atoms with Crippen LogP contribution in [0.3, 0.4) is 0 Å². The molecule has 0 unspecified atom stereocenters. The molecule has 1 aliphatic carbocycles. The van der Waals surface area contributed by atoms with E-state index >= 15 is 0 Å². The summed E-state index contributed by atoms with van der Waals surface area (Å²) < 4.78 is 16.2. The molecule has 1 fully saturated rings. The number of carbonyl (C=O) groups excluding carboxylic acids is 2. The number of nitrogens with zero attached hydrogens (tertiary/aromatic N) is 2. The standard InChI is InChI=1S/C22H21ClFN5O3/c1-13-8-9-29(28-13)17-6-7-19(18(24)10-17)26-20(31)22(11-14(22)12-30)27-21(32)25-16-4-2-15(23)3-5-16/h2-10,14,30H,11-12H2,1H3,(H,26,31)(H2,25,27,32)/t14-,22-/m1/s1. The van der Waals surface area contributed by atoms with Gasteiger partial charge in [0.25, 0.3) is 5.91 Å². The molecule has 0 bridgehead atoms. The van der Waals surface area contributed by atoms with Crippen molar-refractivity contribution in [3.63, 3.8) is 0 Å². The van der Waals surface area contributed by atoms with Crippen LogP contribution in [0.5, 0.6) is 0 Å². The average molecular weight is 458 g/mol. The van der Waals surface area contributed by atoms with Crippen LogP contribution in [-0.2, 0) is 4.79 Å². The Morgan fingerprint density at radius 2 is 1.97 bits per heavy atom. The zero-order chi connectivity index (χ0) is 22.9. The van der Waals surface area contributed by atoms with Crippen LogP contribution in [0.15, 0.2) is 54.7 Å². The Morgan fingerprint density at radius 1 is 1.22 bits per heavy atom. The number of aryl methyl sites for hydroxylation is 1. The molecule has 0 saturated heterocycles. The largest absolute Gasteiger partial charge is 0.396 e. The lowest BCUT2D eigenvalue weighted by Crippen LogP contribution is -2.49. The van der Waals surface area contributed by atoms with E-state index < -0.39 is 29.2 Å². The number of carbonyl (C=O) groups is 2. The summed E-state index contributed by atoms with van der Waals surface area (Å²) in [6.07, 6.45) is 1.94. The van der Waals surface area contributed by atoms with E-state index in [9.17, 15) is 19.1 Å². The molecule has 166 valence electrons. The molecule has 0 spiro atoms. The normalized spacial score (nSPS) is 19.3. The van der Waals surface area contributed by atoms with Crippen LogP contribution in [0.2, 0.25) is 5.02 Å². The van der Waals surface area contributed by atoms with Crippen molar-refractivity contribution in [2.24, 2.45) is 5.92 Å². The number of aromatic nitrogens is 2. The number of nitrogens with one attached hydrogen (secondary N) is 3. The molecule has 1 aliphatic rings. The predicted octanol–water partition coefficient (Wildman–Crippen LogP) is 3.48. The molecule has 1 aromatic heterocycles. The molecule has 2 atom stereocenters. The van der Waals surface area contributed by atoms with Gasteiger partial charge in [0.2, 0.25) is 0 Å². The summed E-state index contributed by atoms with van der Waals surface area (Å²) in [5.41, 5.74) is 0.402. The van der Waals surface area contributed by atoms with Crippen molar-refractivity contribution < 1.29 is 19.1 Å². The SMILES string of the molecule is Cc1ccn(-c2ccc(NC(=O)[C@@]3(NC(=O)Nc4ccc(Cl)cc4)C[C@@H]3CO)c(F)c2)n1. The van der Waals surface area contributed by atoms with Gasteiger partial charge in [-0.3, -0.25) is 4.79 Å². The first kappa shape index (κ1) is 21.8. The lowest BCUT2D eigenvalue weighted by atomic mass is 10.1. The molecule has 3 aromatic rings. The van der Waals surface area contributed by atoms with Crippen LogP contribution in [0.1, 0.15) is 12.1 Å². The summed E-state index contributed by atoms with van der Waals surface area (Å²) in [5, 5.41) is 22.1. The van der Waals surface area contributed by atoms with Crippen molar-refractivity contribution >= 4 is 34.9 Å². The highest BCUT2D eigenvalue weighted by atomic mass is 35.5. The maximum absolute atomic E-state index is 14.7. The van der Waals surface area contributed by atoms with Gasteiger partial charge in [-0.15, -0.1) is 0 Å². The molecule has 32 heavy (non-hydrogen) atoms. The van der Waals surface area contributed by atoms with Gasteiger partial charge < -0.3 is 21.1 Å². The number of anilines is 2. The molecule has 2 aromatic carbocycles. The van der Waals surface area contributed by atoms with E-state index in [0.717, 1.165) is 5.69 Å². The fourth-order valence-corrected chi connectivity index (χ4v) is 3.60. The summed E-state index contributed by atoms with van der Waals surface area (Å²) in [5.74, 6) is -1.73. The van der Waals surface area contributed by atoms with Gasteiger partial charge in [-0.1, -0.05) is 11.6 Å². The smallest absolute Gasteiger partial charge is 0.320 e. The van der Waals surface area contributed by atoms with Gasteiger partial charge in [-0.25, -0.2) is 13.9 Å². The molecule has 8 nitrogen and oxygen atoms in total. The number of urea groups is 1. The number of aliphatic hydroxyl groups excluding tert-OH is 1. The third-order valence-corrected chi connectivity index (χ3v) is 5.61. The van der Waals surface area contributed by atoms with E-state index in [1.807, 2.05) is 6.92 Å². The monoisotopic (exact) mass is 457 g/mol. The number of benzene rings is 2. The molecule has 3 amide bonds. The molecule has 1 heterocycles. The molecule has 4 rings (SSSR count). The number of halogens is 2. The Bertz CT molecular complexity index is 1170. The molecule has 1 saturated carbocycles. The number of rotatable bonds is 6. The van der Waals surface area contributed by atoms with Crippen LogP contribution in [0.25, 0.3) is 5.69 Å². The molecule has 4 N–H and O–H groups in total. The lowest BCUT2D eigenvalue weighted by molar-refractivity contribution is -0.119. The van der Waals surface area contributed by atoms with E-state index in [1.165, 1.54) is 16.8 Å². The second-order valence-corrected chi connectivity index (χ2v) is 8.10. The molecule has 0 aliphatic heterocycles. The van der Waals surface area contributed by atoms with Crippen molar-refractivity contribution in [1.29, 1.82) is 0 Å². The fraction of sp³-hybridized carbons (Fsp3) is 0.227. The van der Waals surface area contributed by atoms with E-state index in [-0.39, 0.29) is 18.7 Å². The first-order chi connectivity index (χ1) is 15.3. The Morgan fingerprint density at radius 3 is 2.56 bits per heavy atom. The van der Waals surface area contributed by atoms with Crippen LogP contribution in [0.4, 0.5) is 20.6 Å². The van der Waals surface area contributed by atoms with E-state index in [1.54, 1.807) is 42.6 Å². The quantitative estimate of drug-likeness (QED) is 0.454. The van der Waals surface area contributed by atoms with E-state index in [2.05, 4.69) is 21.0 Å². The van der Waals surface area contributed by atoms with E-state index in [0.29, 0.717) is 16.4 Å². The average Bonchev–Trinajstić information content (AvgIpc) is 3.31. The summed E-state index contributed by atoms with van der Waals surface area (Å²) in [6.45, 7) is 1.53. The predicted molar refractivity (Wildman–Crippen MR) is 118 cm³/mol. The highest BCUT2D eigenvalue weighted by Crippen LogP contribution is 2.44. The number of hydrogen-bond acceptors (Lipinski definition) is 4. The van der Waals surface area contributed by atoms with Crippen molar-refractivity contribution in [2.75, 3.05) is 17.2 Å².